The maximum atomic E-state index is 12.8. The summed E-state index contributed by atoms with van der Waals surface area (Å²) in [6, 6.07) is 10.7. The van der Waals surface area contributed by atoms with Gasteiger partial charge in [0, 0.05) is 25.2 Å². The van der Waals surface area contributed by atoms with Gasteiger partial charge in [-0.05, 0) is 24.5 Å². The molecular formula is C21H24N2O3. The van der Waals surface area contributed by atoms with E-state index in [1.807, 2.05) is 37.3 Å². The molecule has 0 aliphatic heterocycles. The van der Waals surface area contributed by atoms with Crippen molar-refractivity contribution in [1.29, 1.82) is 0 Å². The second-order valence-electron chi connectivity index (χ2n) is 6.94. The van der Waals surface area contributed by atoms with Crippen LogP contribution < -0.4 is 10.9 Å². The molecule has 1 atom stereocenters. The lowest BCUT2D eigenvalue weighted by Crippen LogP contribution is -2.34. The lowest BCUT2D eigenvalue weighted by Gasteiger charge is -2.24. The van der Waals surface area contributed by atoms with Crippen molar-refractivity contribution in [3.05, 3.63) is 69.6 Å². The van der Waals surface area contributed by atoms with E-state index in [0.29, 0.717) is 17.9 Å². The largest absolute Gasteiger partial charge is 0.355 e. The van der Waals surface area contributed by atoms with E-state index in [1.54, 1.807) is 6.20 Å². The Morgan fingerprint density at radius 2 is 1.92 bits per heavy atom. The number of amides is 1. The van der Waals surface area contributed by atoms with Crippen LogP contribution in [0.5, 0.6) is 0 Å². The first-order valence-corrected chi connectivity index (χ1v) is 9.07. The van der Waals surface area contributed by atoms with Crippen molar-refractivity contribution in [1.82, 2.24) is 9.88 Å². The smallest absolute Gasteiger partial charge is 0.263 e. The Morgan fingerprint density at radius 1 is 1.23 bits per heavy atom. The number of ketones is 1. The maximum Gasteiger partial charge on any atom is 0.263 e. The number of rotatable bonds is 6. The van der Waals surface area contributed by atoms with Gasteiger partial charge in [0.2, 0.25) is 0 Å². The molecule has 0 saturated heterocycles. The molecule has 1 heterocycles. The number of aromatic nitrogens is 1. The molecule has 0 radical (unpaired) electrons. The Morgan fingerprint density at radius 3 is 2.50 bits per heavy atom. The topological polar surface area (TPSA) is 68.2 Å². The molecule has 26 heavy (non-hydrogen) atoms. The van der Waals surface area contributed by atoms with Gasteiger partial charge in [-0.25, -0.2) is 0 Å². The first-order chi connectivity index (χ1) is 12.5. The van der Waals surface area contributed by atoms with Crippen LogP contribution in [0.25, 0.3) is 0 Å². The minimum absolute atomic E-state index is 0.00568. The Kier molecular flexibility index (Phi) is 5.35. The van der Waals surface area contributed by atoms with Gasteiger partial charge in [0.1, 0.15) is 5.56 Å². The van der Waals surface area contributed by atoms with Gasteiger partial charge in [-0.2, -0.15) is 0 Å². The van der Waals surface area contributed by atoms with Crippen LogP contribution in [0.3, 0.4) is 0 Å². The standard InChI is InChI=1S/C21H24N2O3/c1-14(16-9-4-3-5-10-16)23-13-17(19(24)11-15-7-6-8-15)12-18(21(23)26)20(25)22-2/h3-5,9-10,12-15H,6-8,11H2,1-2H3,(H,22,25). The highest BCUT2D eigenvalue weighted by molar-refractivity contribution is 6.00. The number of hydrogen-bond donors (Lipinski definition) is 1. The quantitative estimate of drug-likeness (QED) is 0.812. The molecule has 0 bridgehead atoms. The minimum Gasteiger partial charge on any atom is -0.355 e. The first-order valence-electron chi connectivity index (χ1n) is 9.07. The van der Waals surface area contributed by atoms with E-state index in [0.717, 1.165) is 18.4 Å². The monoisotopic (exact) mass is 352 g/mol. The van der Waals surface area contributed by atoms with Gasteiger partial charge in [-0.3, -0.25) is 14.4 Å². The van der Waals surface area contributed by atoms with Crippen LogP contribution in [-0.4, -0.2) is 23.3 Å². The molecule has 1 aromatic heterocycles. The van der Waals surface area contributed by atoms with E-state index in [9.17, 15) is 14.4 Å². The maximum absolute atomic E-state index is 12.8. The third-order valence-electron chi connectivity index (χ3n) is 5.23. The third-order valence-corrected chi connectivity index (χ3v) is 5.23. The molecule has 1 fully saturated rings. The predicted octanol–water partition coefficient (Wildman–Crippen LogP) is 3.19. The Labute approximate surface area is 153 Å². The zero-order valence-corrected chi connectivity index (χ0v) is 15.2. The summed E-state index contributed by atoms with van der Waals surface area (Å²) in [6.45, 7) is 1.89. The van der Waals surface area contributed by atoms with Crippen molar-refractivity contribution in [2.24, 2.45) is 5.92 Å². The van der Waals surface area contributed by atoms with Crippen molar-refractivity contribution in [2.75, 3.05) is 7.05 Å². The van der Waals surface area contributed by atoms with Crippen molar-refractivity contribution in [2.45, 2.75) is 38.6 Å². The molecule has 1 saturated carbocycles. The number of nitrogens with one attached hydrogen (secondary N) is 1. The summed E-state index contributed by atoms with van der Waals surface area (Å²) in [5, 5.41) is 2.49. The third kappa shape index (κ3) is 3.62. The fourth-order valence-corrected chi connectivity index (χ4v) is 3.31. The number of hydrogen-bond acceptors (Lipinski definition) is 3. The molecule has 0 spiro atoms. The normalized spacial score (nSPS) is 15.2. The Bertz CT molecular complexity index is 867. The Hall–Kier alpha value is -2.69. The van der Waals surface area contributed by atoms with Crippen LogP contribution in [0, 0.1) is 5.92 Å². The van der Waals surface area contributed by atoms with Crippen LogP contribution in [-0.2, 0) is 0 Å². The first kappa shape index (κ1) is 18.1. The summed E-state index contributed by atoms with van der Waals surface area (Å²) in [5.74, 6) is -0.0472. The zero-order valence-electron chi connectivity index (χ0n) is 15.2. The van der Waals surface area contributed by atoms with Crippen LogP contribution in [0.1, 0.15) is 64.9 Å². The lowest BCUT2D eigenvalue weighted by molar-refractivity contribution is 0.0935. The fraction of sp³-hybridized carbons (Fsp3) is 0.381. The average molecular weight is 352 g/mol. The molecule has 1 unspecified atom stereocenters. The van der Waals surface area contributed by atoms with Gasteiger partial charge in [0.25, 0.3) is 11.5 Å². The molecule has 5 heteroatoms. The SMILES string of the molecule is CNC(=O)c1cc(C(=O)CC2CCC2)cn(C(C)c2ccccc2)c1=O. The summed E-state index contributed by atoms with van der Waals surface area (Å²) in [7, 11) is 1.48. The fourth-order valence-electron chi connectivity index (χ4n) is 3.31. The molecule has 1 amide bonds. The molecule has 1 aliphatic rings. The molecule has 1 N–H and O–H groups in total. The van der Waals surface area contributed by atoms with Gasteiger partial charge in [-0.15, -0.1) is 0 Å². The van der Waals surface area contributed by atoms with Gasteiger partial charge >= 0.3 is 0 Å². The van der Waals surface area contributed by atoms with Gasteiger partial charge in [-0.1, -0.05) is 49.6 Å². The number of nitrogens with zero attached hydrogens (tertiary/aromatic N) is 1. The van der Waals surface area contributed by atoms with E-state index in [-0.39, 0.29) is 22.9 Å². The summed E-state index contributed by atoms with van der Waals surface area (Å²) in [5.41, 5.74) is 0.995. The molecular weight excluding hydrogens is 328 g/mol. The second-order valence-corrected chi connectivity index (χ2v) is 6.94. The molecule has 1 aromatic carbocycles. The van der Waals surface area contributed by atoms with Gasteiger partial charge in [0.15, 0.2) is 5.78 Å². The average Bonchev–Trinajstić information content (AvgIpc) is 2.64. The van der Waals surface area contributed by atoms with Crippen LogP contribution in [0.15, 0.2) is 47.4 Å². The highest BCUT2D eigenvalue weighted by Crippen LogP contribution is 2.30. The van der Waals surface area contributed by atoms with E-state index >= 15 is 0 Å². The summed E-state index contributed by atoms with van der Waals surface area (Å²) in [4.78, 5) is 37.7. The number of benzene rings is 1. The van der Waals surface area contributed by atoms with Crippen molar-refractivity contribution in [3.8, 4) is 0 Å². The number of carbonyl (C=O) groups is 2. The number of Topliss-reactive ketones (excluding diaryl/α,β-unsaturated/α-hetero) is 1. The molecule has 1 aliphatic carbocycles. The second kappa shape index (κ2) is 7.68. The van der Waals surface area contributed by atoms with Crippen molar-refractivity contribution >= 4 is 11.7 Å². The summed E-state index contributed by atoms with van der Waals surface area (Å²) < 4.78 is 1.49. The van der Waals surface area contributed by atoms with E-state index in [2.05, 4.69) is 5.32 Å². The highest BCUT2D eigenvalue weighted by atomic mass is 16.2. The Balaban J connectivity index is 2.04. The molecule has 5 nitrogen and oxygen atoms in total. The molecule has 3 rings (SSSR count). The lowest BCUT2D eigenvalue weighted by atomic mass is 9.81. The number of pyridine rings is 1. The molecule has 2 aromatic rings. The van der Waals surface area contributed by atoms with Crippen molar-refractivity contribution < 1.29 is 9.59 Å². The van der Waals surface area contributed by atoms with E-state index < -0.39 is 5.91 Å². The van der Waals surface area contributed by atoms with E-state index in [1.165, 1.54) is 24.1 Å². The van der Waals surface area contributed by atoms with Gasteiger partial charge in [0.05, 0.1) is 6.04 Å². The molecule has 136 valence electrons. The summed E-state index contributed by atoms with van der Waals surface area (Å²) in [6.07, 6.45) is 5.41. The zero-order chi connectivity index (χ0) is 18.7. The minimum atomic E-state index is -0.470. The van der Waals surface area contributed by atoms with Crippen LogP contribution in [0.2, 0.25) is 0 Å². The van der Waals surface area contributed by atoms with Crippen LogP contribution >= 0.6 is 0 Å². The number of carbonyl (C=O) groups excluding carboxylic acids is 2. The highest BCUT2D eigenvalue weighted by Gasteiger charge is 2.24. The van der Waals surface area contributed by atoms with Crippen molar-refractivity contribution in [3.63, 3.8) is 0 Å². The summed E-state index contributed by atoms with van der Waals surface area (Å²) >= 11 is 0. The van der Waals surface area contributed by atoms with Crippen LogP contribution in [0.4, 0.5) is 0 Å². The predicted molar refractivity (Wildman–Crippen MR) is 101 cm³/mol. The van der Waals surface area contributed by atoms with E-state index in [4.69, 9.17) is 0 Å². The van der Waals surface area contributed by atoms with Gasteiger partial charge < -0.3 is 9.88 Å².